The maximum absolute atomic E-state index is 11.3. The molecule has 1 saturated heterocycles. The van der Waals surface area contributed by atoms with Crippen LogP contribution in [0.1, 0.15) is 32.1 Å². The fourth-order valence-electron chi connectivity index (χ4n) is 5.05. The molecule has 0 aliphatic carbocycles. The Hall–Kier alpha value is -3.14. The first kappa shape index (κ1) is 28.9. The zero-order valence-corrected chi connectivity index (χ0v) is 23.3. The van der Waals surface area contributed by atoms with Crippen molar-refractivity contribution in [3.05, 3.63) is 42.5 Å². The fourth-order valence-corrected chi connectivity index (χ4v) is 5.05. The number of carbonyl (C=O) groups is 1. The molecule has 9 nitrogen and oxygen atoms in total. The van der Waals surface area contributed by atoms with Gasteiger partial charge in [-0.15, -0.1) is 0 Å². The number of rotatable bonds is 15. The topological polar surface area (TPSA) is 89.3 Å². The Morgan fingerprint density at radius 1 is 0.872 bits per heavy atom. The number of fused-ring (bicyclic) bond motifs is 1. The number of unbranched alkanes of at least 4 members (excludes halogenated alkanes) is 2. The summed E-state index contributed by atoms with van der Waals surface area (Å²) in [6.45, 7) is 7.56. The molecule has 3 aromatic rings. The second-order valence-electron chi connectivity index (χ2n) is 9.96. The molecule has 0 amide bonds. The van der Waals surface area contributed by atoms with Gasteiger partial charge in [0.05, 0.1) is 38.5 Å². The Bertz CT molecular complexity index is 1170. The van der Waals surface area contributed by atoms with Crippen LogP contribution in [0.25, 0.3) is 22.4 Å². The van der Waals surface area contributed by atoms with Crippen LogP contribution in [-0.4, -0.2) is 97.1 Å². The minimum Gasteiger partial charge on any atom is -0.497 e. The Balaban J connectivity index is 1.43. The molecular weight excluding hydrogens is 496 g/mol. The van der Waals surface area contributed by atoms with Crippen LogP contribution in [0, 0.1) is 0 Å². The van der Waals surface area contributed by atoms with Crippen LogP contribution in [0.5, 0.6) is 11.5 Å². The molecule has 1 aromatic heterocycles. The van der Waals surface area contributed by atoms with Gasteiger partial charge in [0.2, 0.25) is 0 Å². The second kappa shape index (κ2) is 14.9. The highest BCUT2D eigenvalue weighted by Crippen LogP contribution is 2.29. The third-order valence-corrected chi connectivity index (χ3v) is 7.33. The van der Waals surface area contributed by atoms with Crippen molar-refractivity contribution in [3.8, 4) is 22.9 Å². The molecule has 2 heterocycles. The van der Waals surface area contributed by atoms with Gasteiger partial charge in [-0.1, -0.05) is 0 Å². The molecule has 0 bridgehead atoms. The van der Waals surface area contributed by atoms with Crippen LogP contribution in [0.2, 0.25) is 0 Å². The lowest BCUT2D eigenvalue weighted by Crippen LogP contribution is -2.47. The molecule has 2 aromatic carbocycles. The molecule has 0 atom stereocenters. The number of β-amino-alcohol motifs (C(OH)–C–C–N with tert-alkyl or cyclic N) is 1. The van der Waals surface area contributed by atoms with Crippen LogP contribution in [0.15, 0.2) is 42.5 Å². The minimum atomic E-state index is -0.161. The normalized spacial score (nSPS) is 14.5. The van der Waals surface area contributed by atoms with E-state index < -0.39 is 0 Å². The number of ether oxygens (including phenoxy) is 3. The average molecular weight is 539 g/mol. The van der Waals surface area contributed by atoms with E-state index in [9.17, 15) is 9.90 Å². The monoisotopic (exact) mass is 538 g/mol. The van der Waals surface area contributed by atoms with E-state index in [1.165, 1.54) is 7.11 Å². The zero-order valence-electron chi connectivity index (χ0n) is 23.3. The van der Waals surface area contributed by atoms with Gasteiger partial charge in [0, 0.05) is 57.3 Å². The molecule has 39 heavy (non-hydrogen) atoms. The van der Waals surface area contributed by atoms with Crippen molar-refractivity contribution in [2.75, 3.05) is 66.7 Å². The van der Waals surface area contributed by atoms with Gasteiger partial charge in [0.15, 0.2) is 0 Å². The summed E-state index contributed by atoms with van der Waals surface area (Å²) in [5, 5.41) is 9.20. The van der Waals surface area contributed by atoms with E-state index in [4.69, 9.17) is 19.2 Å². The third kappa shape index (κ3) is 8.17. The SMILES string of the molecule is COC(=O)CCCCCOc1ccc2nc(-c3ccc(OC)cc3)n(CCCN3CCN(CCO)CC3)c2c1. The molecular formula is C30H42N4O5. The van der Waals surface area contributed by atoms with E-state index in [0.717, 1.165) is 105 Å². The number of carbonyl (C=O) groups excluding carboxylic acids is 1. The molecule has 1 aliphatic heterocycles. The maximum atomic E-state index is 11.3. The molecule has 1 N–H and O–H groups in total. The molecule has 0 saturated carbocycles. The molecule has 1 aliphatic rings. The van der Waals surface area contributed by atoms with Gasteiger partial charge in [-0.05, 0) is 68.6 Å². The van der Waals surface area contributed by atoms with Crippen molar-refractivity contribution in [1.82, 2.24) is 19.4 Å². The third-order valence-electron chi connectivity index (χ3n) is 7.33. The number of aliphatic hydroxyl groups excluding tert-OH is 1. The number of benzene rings is 2. The summed E-state index contributed by atoms with van der Waals surface area (Å²) in [4.78, 5) is 21.1. The smallest absolute Gasteiger partial charge is 0.305 e. The average Bonchev–Trinajstić information content (AvgIpc) is 3.33. The van der Waals surface area contributed by atoms with Gasteiger partial charge in [0.25, 0.3) is 0 Å². The standard InChI is InChI=1S/C30H42N4O5/c1-37-25-10-8-24(9-11-25)30-31-27-13-12-26(39-22-5-3-4-7-29(36)38-2)23-28(27)34(30)15-6-14-32-16-18-33(19-17-32)20-21-35/h8-13,23,35H,3-7,14-22H2,1-2H3. The van der Waals surface area contributed by atoms with Crippen LogP contribution >= 0.6 is 0 Å². The van der Waals surface area contributed by atoms with E-state index in [2.05, 4.69) is 32.6 Å². The molecule has 0 spiro atoms. The van der Waals surface area contributed by atoms with Crippen LogP contribution in [0.4, 0.5) is 0 Å². The quantitative estimate of drug-likeness (QED) is 0.231. The Morgan fingerprint density at radius 2 is 1.59 bits per heavy atom. The van der Waals surface area contributed by atoms with Crippen molar-refractivity contribution in [3.63, 3.8) is 0 Å². The van der Waals surface area contributed by atoms with Crippen LogP contribution < -0.4 is 9.47 Å². The van der Waals surface area contributed by atoms with E-state index in [1.807, 2.05) is 24.3 Å². The number of piperazine rings is 1. The van der Waals surface area contributed by atoms with Gasteiger partial charge in [0.1, 0.15) is 17.3 Å². The first-order valence-electron chi connectivity index (χ1n) is 14.0. The lowest BCUT2D eigenvalue weighted by Gasteiger charge is -2.34. The molecule has 1 fully saturated rings. The summed E-state index contributed by atoms with van der Waals surface area (Å²) in [6.07, 6.45) is 4.08. The van der Waals surface area contributed by atoms with Crippen LogP contribution in [0.3, 0.4) is 0 Å². The lowest BCUT2D eigenvalue weighted by molar-refractivity contribution is -0.140. The summed E-state index contributed by atoms with van der Waals surface area (Å²) < 4.78 is 18.4. The van der Waals surface area contributed by atoms with Crippen molar-refractivity contribution in [2.45, 2.75) is 38.6 Å². The van der Waals surface area contributed by atoms with Crippen molar-refractivity contribution in [2.24, 2.45) is 0 Å². The summed E-state index contributed by atoms with van der Waals surface area (Å²) in [5.74, 6) is 2.44. The molecule has 0 radical (unpaired) electrons. The van der Waals surface area contributed by atoms with Gasteiger partial charge < -0.3 is 28.8 Å². The highest BCUT2D eigenvalue weighted by Gasteiger charge is 2.18. The highest BCUT2D eigenvalue weighted by atomic mass is 16.5. The van der Waals surface area contributed by atoms with Crippen LogP contribution in [-0.2, 0) is 16.1 Å². The van der Waals surface area contributed by atoms with Gasteiger partial charge >= 0.3 is 5.97 Å². The number of hydrogen-bond donors (Lipinski definition) is 1. The van der Waals surface area contributed by atoms with Crippen molar-refractivity contribution < 1.29 is 24.1 Å². The van der Waals surface area contributed by atoms with Crippen molar-refractivity contribution >= 4 is 17.0 Å². The molecule has 212 valence electrons. The largest absolute Gasteiger partial charge is 0.497 e. The number of aliphatic hydroxyl groups is 1. The summed E-state index contributed by atoms with van der Waals surface area (Å²) in [7, 11) is 3.10. The molecule has 4 rings (SSSR count). The Morgan fingerprint density at radius 3 is 2.28 bits per heavy atom. The first-order valence-corrected chi connectivity index (χ1v) is 14.0. The predicted molar refractivity (Wildman–Crippen MR) is 152 cm³/mol. The summed E-state index contributed by atoms with van der Waals surface area (Å²) in [5.41, 5.74) is 3.07. The van der Waals surface area contributed by atoms with E-state index in [0.29, 0.717) is 13.0 Å². The van der Waals surface area contributed by atoms with Gasteiger partial charge in [-0.2, -0.15) is 0 Å². The molecule has 0 unspecified atom stereocenters. The van der Waals surface area contributed by atoms with Gasteiger partial charge in [-0.3, -0.25) is 9.69 Å². The maximum Gasteiger partial charge on any atom is 0.305 e. The minimum absolute atomic E-state index is 0.161. The fraction of sp³-hybridized carbons (Fsp3) is 0.533. The predicted octanol–water partition coefficient (Wildman–Crippen LogP) is 3.82. The highest BCUT2D eigenvalue weighted by molar-refractivity contribution is 5.82. The van der Waals surface area contributed by atoms with E-state index in [1.54, 1.807) is 7.11 Å². The number of imidazole rings is 1. The van der Waals surface area contributed by atoms with Crippen molar-refractivity contribution in [1.29, 1.82) is 0 Å². The second-order valence-corrected chi connectivity index (χ2v) is 9.96. The zero-order chi connectivity index (χ0) is 27.5. The summed E-state index contributed by atoms with van der Waals surface area (Å²) in [6, 6.07) is 14.2. The van der Waals surface area contributed by atoms with E-state index >= 15 is 0 Å². The number of aromatic nitrogens is 2. The number of methoxy groups -OCH3 is 2. The Labute approximate surface area is 231 Å². The number of esters is 1. The lowest BCUT2D eigenvalue weighted by atomic mass is 10.2. The summed E-state index contributed by atoms with van der Waals surface area (Å²) >= 11 is 0. The molecule has 9 heteroatoms. The van der Waals surface area contributed by atoms with Gasteiger partial charge in [-0.25, -0.2) is 4.98 Å². The van der Waals surface area contributed by atoms with E-state index in [-0.39, 0.29) is 12.6 Å². The first-order chi connectivity index (χ1) is 19.1. The number of nitrogens with zero attached hydrogens (tertiary/aromatic N) is 4. The Kier molecular flexibility index (Phi) is 11.0. The number of hydrogen-bond acceptors (Lipinski definition) is 8. The number of aryl methyl sites for hydroxylation is 1.